The molecule has 8 nitrogen and oxygen atoms in total. The van der Waals surface area contributed by atoms with E-state index in [1.54, 1.807) is 38.1 Å². The van der Waals surface area contributed by atoms with Crippen molar-refractivity contribution in [1.29, 1.82) is 0 Å². The van der Waals surface area contributed by atoms with Crippen LogP contribution >= 0.6 is 0 Å². The summed E-state index contributed by atoms with van der Waals surface area (Å²) in [5, 5.41) is 14.8. The molecule has 1 heterocycles. The first-order valence-corrected chi connectivity index (χ1v) is 11.0. The average Bonchev–Trinajstić information content (AvgIpc) is 2.85. The molecule has 1 aliphatic rings. The van der Waals surface area contributed by atoms with Gasteiger partial charge in [0.15, 0.2) is 0 Å². The van der Waals surface area contributed by atoms with Crippen LogP contribution in [0.2, 0.25) is 0 Å². The van der Waals surface area contributed by atoms with E-state index in [0.717, 1.165) is 31.7 Å². The van der Waals surface area contributed by atoms with Crippen molar-refractivity contribution in [3.8, 4) is 23.7 Å². The first kappa shape index (κ1) is 24.8. The number of nitrogens with zero attached hydrogens (tertiary/aromatic N) is 1. The smallest absolute Gasteiger partial charge is 0.267 e. The Morgan fingerprint density at radius 1 is 1.00 bits per heavy atom. The number of rotatable bonds is 5. The minimum Gasteiger partial charge on any atom is -0.369 e. The molecule has 0 aromatic heterocycles. The molecule has 0 radical (unpaired) electrons. The second-order valence-corrected chi connectivity index (χ2v) is 8.57. The van der Waals surface area contributed by atoms with Crippen LogP contribution in [0.4, 0.5) is 5.69 Å². The minimum absolute atomic E-state index is 0.334. The van der Waals surface area contributed by atoms with Crippen LogP contribution in [0.15, 0.2) is 48.5 Å². The molecule has 1 aliphatic heterocycles. The van der Waals surface area contributed by atoms with Crippen LogP contribution < -0.4 is 26.7 Å². The van der Waals surface area contributed by atoms with Gasteiger partial charge in [-0.05, 0) is 74.2 Å². The molecular weight excluding hydrogens is 430 g/mol. The van der Waals surface area contributed by atoms with E-state index in [0.29, 0.717) is 11.1 Å². The summed E-state index contributed by atoms with van der Waals surface area (Å²) in [7, 11) is 0. The molecule has 1 fully saturated rings. The van der Waals surface area contributed by atoms with E-state index < -0.39 is 23.4 Å². The standard InChI is InChI=1S/C26H29N5O3/c1-26(2,27)23(25(33)30-34)29-24(32)21-11-7-19(8-12-21)5-3-4-6-20-9-13-22(14-10-20)31-17-15-28-16-18-31/h7-14,23,28,34H,15-18,27H2,1-2H3,(H,29,32)(H,30,33)/t23-/m1/s1. The second-order valence-electron chi connectivity index (χ2n) is 8.57. The lowest BCUT2D eigenvalue weighted by Crippen LogP contribution is -2.61. The minimum atomic E-state index is -1.11. The number of carbonyl (C=O) groups is 2. The molecule has 1 saturated heterocycles. The van der Waals surface area contributed by atoms with Crippen LogP contribution in [0.25, 0.3) is 0 Å². The Morgan fingerprint density at radius 2 is 1.53 bits per heavy atom. The lowest BCUT2D eigenvalue weighted by molar-refractivity contribution is -0.132. The van der Waals surface area contributed by atoms with Crippen molar-refractivity contribution in [2.45, 2.75) is 25.4 Å². The Morgan fingerprint density at radius 3 is 2.03 bits per heavy atom. The molecule has 0 aliphatic carbocycles. The molecule has 0 unspecified atom stereocenters. The number of anilines is 1. The normalized spacial score (nSPS) is 14.1. The Labute approximate surface area is 199 Å². The highest BCUT2D eigenvalue weighted by molar-refractivity contribution is 5.97. The van der Waals surface area contributed by atoms with E-state index in [-0.39, 0.29) is 0 Å². The summed E-state index contributed by atoms with van der Waals surface area (Å²) in [6.07, 6.45) is 0. The fourth-order valence-corrected chi connectivity index (χ4v) is 3.46. The number of nitrogens with two attached hydrogens (primary N) is 1. The van der Waals surface area contributed by atoms with Crippen LogP contribution in [-0.4, -0.2) is 54.8 Å². The zero-order chi connectivity index (χ0) is 24.6. The predicted molar refractivity (Wildman–Crippen MR) is 131 cm³/mol. The van der Waals surface area contributed by atoms with Crippen molar-refractivity contribution in [2.24, 2.45) is 5.73 Å². The third-order valence-corrected chi connectivity index (χ3v) is 5.36. The average molecular weight is 460 g/mol. The summed E-state index contributed by atoms with van der Waals surface area (Å²) in [6.45, 7) is 7.15. The van der Waals surface area contributed by atoms with Gasteiger partial charge in [-0.2, -0.15) is 0 Å². The quantitative estimate of drug-likeness (QED) is 0.257. The SMILES string of the molecule is CC(C)(N)[C@H](NC(=O)c1ccc(C#CC#Cc2ccc(N3CCNCC3)cc2)cc1)C(=O)NO. The van der Waals surface area contributed by atoms with Gasteiger partial charge in [-0.25, -0.2) is 5.48 Å². The van der Waals surface area contributed by atoms with Crippen LogP contribution in [0.5, 0.6) is 0 Å². The highest BCUT2D eigenvalue weighted by atomic mass is 16.5. The topological polar surface area (TPSA) is 120 Å². The zero-order valence-corrected chi connectivity index (χ0v) is 19.3. The molecule has 2 aromatic rings. The third kappa shape index (κ3) is 6.84. The number of carbonyl (C=O) groups excluding carboxylic acids is 2. The predicted octanol–water partition coefficient (Wildman–Crippen LogP) is 0.841. The monoisotopic (exact) mass is 459 g/mol. The summed E-state index contributed by atoms with van der Waals surface area (Å²) in [5.74, 6) is 10.4. The van der Waals surface area contributed by atoms with Gasteiger partial charge in [-0.1, -0.05) is 11.8 Å². The molecule has 3 rings (SSSR count). The molecule has 8 heteroatoms. The molecule has 34 heavy (non-hydrogen) atoms. The van der Waals surface area contributed by atoms with E-state index in [2.05, 4.69) is 51.3 Å². The van der Waals surface area contributed by atoms with Crippen LogP contribution in [-0.2, 0) is 4.79 Å². The van der Waals surface area contributed by atoms with E-state index in [1.165, 1.54) is 11.2 Å². The van der Waals surface area contributed by atoms with Crippen molar-refractivity contribution in [3.05, 3.63) is 65.2 Å². The largest absolute Gasteiger partial charge is 0.369 e. The zero-order valence-electron chi connectivity index (χ0n) is 19.3. The Hall–Kier alpha value is -3.82. The number of hydroxylamine groups is 1. The Balaban J connectivity index is 1.59. The summed E-state index contributed by atoms with van der Waals surface area (Å²) in [5.41, 5.74) is 9.51. The van der Waals surface area contributed by atoms with Crippen LogP contribution in [0.1, 0.15) is 35.3 Å². The molecule has 2 amide bonds. The van der Waals surface area contributed by atoms with Crippen LogP contribution in [0.3, 0.4) is 0 Å². The van der Waals surface area contributed by atoms with Crippen molar-refractivity contribution in [2.75, 3.05) is 31.1 Å². The molecule has 176 valence electrons. The fraction of sp³-hybridized carbons (Fsp3) is 0.308. The summed E-state index contributed by atoms with van der Waals surface area (Å²) >= 11 is 0. The number of hydrogen-bond donors (Lipinski definition) is 5. The fourth-order valence-electron chi connectivity index (χ4n) is 3.46. The maximum atomic E-state index is 12.5. The van der Waals surface area contributed by atoms with E-state index in [4.69, 9.17) is 10.9 Å². The Bertz CT molecular complexity index is 1120. The van der Waals surface area contributed by atoms with Crippen molar-refractivity contribution < 1.29 is 14.8 Å². The van der Waals surface area contributed by atoms with E-state index in [1.807, 2.05) is 12.1 Å². The molecule has 0 saturated carbocycles. The van der Waals surface area contributed by atoms with Crippen molar-refractivity contribution in [3.63, 3.8) is 0 Å². The number of amides is 2. The number of piperazine rings is 1. The van der Waals surface area contributed by atoms with Gasteiger partial charge in [0.2, 0.25) is 0 Å². The van der Waals surface area contributed by atoms with Gasteiger partial charge in [-0.3, -0.25) is 14.8 Å². The first-order valence-electron chi connectivity index (χ1n) is 11.0. The third-order valence-electron chi connectivity index (χ3n) is 5.36. The number of nitrogens with one attached hydrogen (secondary N) is 3. The van der Waals surface area contributed by atoms with Crippen molar-refractivity contribution >= 4 is 17.5 Å². The first-order chi connectivity index (χ1) is 16.3. The highest BCUT2D eigenvalue weighted by Crippen LogP contribution is 2.15. The summed E-state index contributed by atoms with van der Waals surface area (Å²) < 4.78 is 0. The Kier molecular flexibility index (Phi) is 8.29. The molecule has 6 N–H and O–H groups in total. The highest BCUT2D eigenvalue weighted by Gasteiger charge is 2.33. The van der Waals surface area contributed by atoms with Gasteiger partial charge in [0, 0.05) is 54.1 Å². The van der Waals surface area contributed by atoms with Crippen molar-refractivity contribution in [1.82, 2.24) is 16.1 Å². The molecule has 0 bridgehead atoms. The molecule has 0 spiro atoms. The van der Waals surface area contributed by atoms with Gasteiger partial charge in [0.1, 0.15) is 6.04 Å². The number of benzene rings is 2. The summed E-state index contributed by atoms with van der Waals surface area (Å²) in [4.78, 5) is 26.7. The maximum Gasteiger partial charge on any atom is 0.267 e. The van der Waals surface area contributed by atoms with E-state index in [9.17, 15) is 9.59 Å². The molecule has 2 aromatic carbocycles. The lowest BCUT2D eigenvalue weighted by Gasteiger charge is -2.29. The maximum absolute atomic E-state index is 12.5. The van der Waals surface area contributed by atoms with Gasteiger partial charge in [0.05, 0.1) is 0 Å². The van der Waals surface area contributed by atoms with Gasteiger partial charge in [-0.15, -0.1) is 0 Å². The van der Waals surface area contributed by atoms with Gasteiger partial charge in [0.25, 0.3) is 11.8 Å². The lowest BCUT2D eigenvalue weighted by atomic mass is 9.95. The van der Waals surface area contributed by atoms with Crippen LogP contribution in [0, 0.1) is 23.7 Å². The van der Waals surface area contributed by atoms with Gasteiger partial charge < -0.3 is 21.3 Å². The van der Waals surface area contributed by atoms with Gasteiger partial charge >= 0.3 is 0 Å². The number of hydrogen-bond acceptors (Lipinski definition) is 6. The molecule has 1 atom stereocenters. The van der Waals surface area contributed by atoms with E-state index >= 15 is 0 Å². The summed E-state index contributed by atoms with van der Waals surface area (Å²) in [6, 6.07) is 13.6. The second kappa shape index (κ2) is 11.4. The molecular formula is C26H29N5O3.